The van der Waals surface area contributed by atoms with Crippen LogP contribution in [0.3, 0.4) is 0 Å². The smallest absolute Gasteiger partial charge is 0.263 e. The number of amides is 1. The molecule has 0 aliphatic carbocycles. The van der Waals surface area contributed by atoms with Crippen molar-refractivity contribution in [2.24, 2.45) is 0 Å². The number of carbonyl (C=O) groups excluding carboxylic acids is 1. The van der Waals surface area contributed by atoms with E-state index in [-0.39, 0.29) is 23.9 Å². The van der Waals surface area contributed by atoms with Crippen molar-refractivity contribution in [3.63, 3.8) is 0 Å². The normalized spacial score (nSPS) is 16.3. The van der Waals surface area contributed by atoms with Gasteiger partial charge in [-0.2, -0.15) is 4.31 Å². The number of piperazine rings is 1. The molecule has 1 atom stereocenters. The highest BCUT2D eigenvalue weighted by Crippen LogP contribution is 2.24. The summed E-state index contributed by atoms with van der Waals surface area (Å²) in [6.07, 6.45) is -0.0283. The Morgan fingerprint density at radius 1 is 1.00 bits per heavy atom. The maximum Gasteiger partial charge on any atom is 0.263 e. The number of aryl methyl sites for hydroxylation is 2. The summed E-state index contributed by atoms with van der Waals surface area (Å²) in [7, 11) is -3.55. The number of rotatable bonds is 6. The van der Waals surface area contributed by atoms with Gasteiger partial charge in [-0.05, 0) is 56.5 Å². The van der Waals surface area contributed by atoms with E-state index in [1.54, 1.807) is 29.2 Å². The van der Waals surface area contributed by atoms with E-state index in [1.165, 1.54) is 4.31 Å². The summed E-state index contributed by atoms with van der Waals surface area (Å²) in [6.45, 7) is 9.11. The Hall–Kier alpha value is -2.38. The molecule has 0 saturated carbocycles. The first-order chi connectivity index (χ1) is 14.2. The van der Waals surface area contributed by atoms with Gasteiger partial charge in [-0.3, -0.25) is 4.79 Å². The van der Waals surface area contributed by atoms with Crippen LogP contribution in [-0.2, 0) is 14.8 Å². The van der Waals surface area contributed by atoms with Crippen LogP contribution in [0.4, 0.5) is 0 Å². The summed E-state index contributed by atoms with van der Waals surface area (Å²) in [5.74, 6) is 0.626. The van der Waals surface area contributed by atoms with Crippen molar-refractivity contribution in [2.75, 3.05) is 26.2 Å². The van der Waals surface area contributed by atoms with Crippen molar-refractivity contribution in [2.45, 2.75) is 45.1 Å². The molecule has 6 nitrogen and oxygen atoms in total. The summed E-state index contributed by atoms with van der Waals surface area (Å²) in [5, 5.41) is 0. The minimum Gasteiger partial charge on any atom is -0.480 e. The molecule has 0 radical (unpaired) electrons. The van der Waals surface area contributed by atoms with Gasteiger partial charge < -0.3 is 9.64 Å². The maximum absolute atomic E-state index is 13.0. The molecule has 0 spiro atoms. The average Bonchev–Trinajstić information content (AvgIpc) is 2.75. The third kappa shape index (κ3) is 4.68. The molecule has 2 aromatic rings. The second-order valence-corrected chi connectivity index (χ2v) is 9.69. The molecule has 1 aliphatic rings. The Balaban J connectivity index is 1.65. The molecule has 2 aromatic carbocycles. The second-order valence-electron chi connectivity index (χ2n) is 7.76. The standard InChI is InChI=1S/C23H30N2O4S/c1-5-21(29-22-8-6-7-18(3)19(22)4)23(26)24-13-15-25(16-14-24)30(27,28)20-11-9-17(2)10-12-20/h6-12,21H,5,13-16H2,1-4H3/t21-/m1/s1. The molecule has 1 aliphatic heterocycles. The topological polar surface area (TPSA) is 66.9 Å². The highest BCUT2D eigenvalue weighted by Gasteiger charge is 2.33. The first-order valence-electron chi connectivity index (χ1n) is 10.3. The molecule has 30 heavy (non-hydrogen) atoms. The first kappa shape index (κ1) is 22.3. The van der Waals surface area contributed by atoms with Gasteiger partial charge in [-0.25, -0.2) is 8.42 Å². The van der Waals surface area contributed by atoms with E-state index in [2.05, 4.69) is 0 Å². The summed E-state index contributed by atoms with van der Waals surface area (Å²) in [6, 6.07) is 12.7. The number of sulfonamides is 1. The van der Waals surface area contributed by atoms with Gasteiger partial charge in [-0.1, -0.05) is 36.8 Å². The molecule has 0 N–H and O–H groups in total. The molecule has 1 fully saturated rings. The van der Waals surface area contributed by atoms with Crippen LogP contribution in [0.15, 0.2) is 47.4 Å². The number of hydrogen-bond acceptors (Lipinski definition) is 4. The van der Waals surface area contributed by atoms with E-state index in [0.29, 0.717) is 19.5 Å². The van der Waals surface area contributed by atoms with Crippen molar-refractivity contribution in [3.8, 4) is 5.75 Å². The number of carbonyl (C=O) groups is 1. The number of nitrogens with zero attached hydrogens (tertiary/aromatic N) is 2. The fourth-order valence-electron chi connectivity index (χ4n) is 3.53. The van der Waals surface area contributed by atoms with Gasteiger partial charge in [0.1, 0.15) is 5.75 Å². The third-order valence-electron chi connectivity index (χ3n) is 5.68. The van der Waals surface area contributed by atoms with Crippen molar-refractivity contribution in [3.05, 3.63) is 59.2 Å². The van der Waals surface area contributed by atoms with E-state index in [0.717, 1.165) is 22.4 Å². The van der Waals surface area contributed by atoms with E-state index in [4.69, 9.17) is 4.74 Å². The maximum atomic E-state index is 13.0. The predicted molar refractivity (Wildman–Crippen MR) is 117 cm³/mol. The van der Waals surface area contributed by atoms with Crippen molar-refractivity contribution >= 4 is 15.9 Å². The van der Waals surface area contributed by atoms with Gasteiger partial charge in [0.2, 0.25) is 10.0 Å². The lowest BCUT2D eigenvalue weighted by atomic mass is 10.1. The first-order valence-corrected chi connectivity index (χ1v) is 11.8. The zero-order valence-electron chi connectivity index (χ0n) is 18.1. The third-order valence-corrected chi connectivity index (χ3v) is 7.59. The second kappa shape index (κ2) is 9.18. The summed E-state index contributed by atoms with van der Waals surface area (Å²) in [5.41, 5.74) is 3.15. The van der Waals surface area contributed by atoms with Crippen LogP contribution in [0.25, 0.3) is 0 Å². The largest absolute Gasteiger partial charge is 0.480 e. The van der Waals surface area contributed by atoms with Gasteiger partial charge in [0, 0.05) is 26.2 Å². The Morgan fingerprint density at radius 2 is 1.63 bits per heavy atom. The zero-order valence-corrected chi connectivity index (χ0v) is 18.9. The van der Waals surface area contributed by atoms with Crippen LogP contribution in [0.2, 0.25) is 0 Å². The van der Waals surface area contributed by atoms with E-state index >= 15 is 0 Å². The fourth-order valence-corrected chi connectivity index (χ4v) is 4.95. The molecule has 3 rings (SSSR count). The summed E-state index contributed by atoms with van der Waals surface area (Å²) < 4.78 is 33.2. The fraction of sp³-hybridized carbons (Fsp3) is 0.435. The van der Waals surface area contributed by atoms with Crippen LogP contribution in [0.5, 0.6) is 5.75 Å². The monoisotopic (exact) mass is 430 g/mol. The molecule has 0 aromatic heterocycles. The quantitative estimate of drug-likeness (QED) is 0.705. The lowest BCUT2D eigenvalue weighted by Gasteiger charge is -2.35. The van der Waals surface area contributed by atoms with E-state index < -0.39 is 16.1 Å². The molecule has 1 heterocycles. The minimum absolute atomic E-state index is 0.0919. The van der Waals surface area contributed by atoms with Crippen molar-refractivity contribution in [1.29, 1.82) is 0 Å². The Labute approximate surface area is 179 Å². The van der Waals surface area contributed by atoms with Crippen LogP contribution >= 0.6 is 0 Å². The van der Waals surface area contributed by atoms with Crippen molar-refractivity contribution < 1.29 is 17.9 Å². The molecule has 1 amide bonds. The zero-order chi connectivity index (χ0) is 21.9. The highest BCUT2D eigenvalue weighted by molar-refractivity contribution is 7.89. The summed E-state index contributed by atoms with van der Waals surface area (Å²) in [4.78, 5) is 15.0. The SMILES string of the molecule is CC[C@@H](Oc1cccc(C)c1C)C(=O)N1CCN(S(=O)(=O)c2ccc(C)cc2)CC1. The van der Waals surface area contributed by atoms with Crippen LogP contribution in [-0.4, -0.2) is 55.8 Å². The van der Waals surface area contributed by atoms with Crippen LogP contribution < -0.4 is 4.74 Å². The Kier molecular flexibility index (Phi) is 6.83. The predicted octanol–water partition coefficient (Wildman–Crippen LogP) is 3.30. The molecule has 0 unspecified atom stereocenters. The average molecular weight is 431 g/mol. The van der Waals surface area contributed by atoms with E-state index in [9.17, 15) is 13.2 Å². The summed E-state index contributed by atoms with van der Waals surface area (Å²) >= 11 is 0. The molecule has 162 valence electrons. The van der Waals surface area contributed by atoms with Crippen molar-refractivity contribution in [1.82, 2.24) is 9.21 Å². The van der Waals surface area contributed by atoms with E-state index in [1.807, 2.05) is 45.9 Å². The van der Waals surface area contributed by atoms with Gasteiger partial charge in [0.05, 0.1) is 4.90 Å². The van der Waals surface area contributed by atoms with Gasteiger partial charge in [0.25, 0.3) is 5.91 Å². The minimum atomic E-state index is -3.55. The molecular weight excluding hydrogens is 400 g/mol. The van der Waals surface area contributed by atoms with Gasteiger partial charge >= 0.3 is 0 Å². The Morgan fingerprint density at radius 3 is 2.23 bits per heavy atom. The van der Waals surface area contributed by atoms with Gasteiger partial charge in [0.15, 0.2) is 6.10 Å². The molecule has 1 saturated heterocycles. The number of ether oxygens (including phenoxy) is 1. The highest BCUT2D eigenvalue weighted by atomic mass is 32.2. The molecular formula is C23H30N2O4S. The van der Waals surface area contributed by atoms with Crippen LogP contribution in [0, 0.1) is 20.8 Å². The Bertz CT molecular complexity index is 994. The number of hydrogen-bond donors (Lipinski definition) is 0. The number of benzene rings is 2. The lowest BCUT2D eigenvalue weighted by molar-refractivity contribution is -0.140. The lowest BCUT2D eigenvalue weighted by Crippen LogP contribution is -2.53. The molecule has 0 bridgehead atoms. The van der Waals surface area contributed by atoms with Gasteiger partial charge in [-0.15, -0.1) is 0 Å². The van der Waals surface area contributed by atoms with Crippen LogP contribution in [0.1, 0.15) is 30.0 Å². The molecule has 7 heteroatoms.